The summed E-state index contributed by atoms with van der Waals surface area (Å²) >= 11 is 0. The lowest BCUT2D eigenvalue weighted by Crippen LogP contribution is -2.49. The zero-order valence-electron chi connectivity index (χ0n) is 11.7. The van der Waals surface area contributed by atoms with E-state index >= 15 is 0 Å². The largest absolute Gasteiger partial charge is 0.298 e. The van der Waals surface area contributed by atoms with Crippen LogP contribution in [0, 0.1) is 15.5 Å². The van der Waals surface area contributed by atoms with E-state index < -0.39 is 11.0 Å². The Morgan fingerprint density at radius 3 is 2.60 bits per heavy atom. The van der Waals surface area contributed by atoms with Crippen LogP contribution >= 0.6 is 0 Å². The van der Waals surface area contributed by atoms with Gasteiger partial charge in [-0.2, -0.15) is 0 Å². The molecule has 0 unspecified atom stereocenters. The number of hydrogen-bond acceptors (Lipinski definition) is 3. The zero-order chi connectivity index (χ0) is 14.8. The fourth-order valence-corrected chi connectivity index (χ4v) is 3.19. The van der Waals surface area contributed by atoms with Crippen LogP contribution in [0.25, 0.3) is 0 Å². The fourth-order valence-electron chi connectivity index (χ4n) is 3.19. The van der Waals surface area contributed by atoms with Crippen molar-refractivity contribution in [3.8, 4) is 0 Å². The number of carbonyl (C=O) groups excluding carboxylic acids is 1. The van der Waals surface area contributed by atoms with Gasteiger partial charge in [-0.1, -0.05) is 36.4 Å². The molecule has 0 N–H and O–H groups in total. The number of carbonyl (C=O) groups is 1. The Morgan fingerprint density at radius 1 is 1.40 bits per heavy atom. The number of rotatable bonds is 5. The first-order chi connectivity index (χ1) is 9.46. The number of aryl methyl sites for hydroxylation is 1. The molecule has 0 radical (unpaired) electrons. The van der Waals surface area contributed by atoms with Crippen molar-refractivity contribution in [2.24, 2.45) is 5.41 Å². The topological polar surface area (TPSA) is 60.2 Å². The van der Waals surface area contributed by atoms with Crippen LogP contribution in [0.2, 0.25) is 0 Å². The Balaban J connectivity index is 2.30. The molecule has 1 aliphatic rings. The lowest BCUT2D eigenvalue weighted by molar-refractivity contribution is -0.577. The average molecular weight is 273 g/mol. The SMILES string of the molecule is C=C[C@]1(CCc2ccccc2)C(=O)CC[C@]1(C)[N+](=O)[O-]. The van der Waals surface area contributed by atoms with Crippen LogP contribution in [0.4, 0.5) is 0 Å². The third-order valence-corrected chi connectivity index (χ3v) is 4.70. The minimum Gasteiger partial charge on any atom is -0.298 e. The quantitative estimate of drug-likeness (QED) is 0.470. The second-order valence-electron chi connectivity index (χ2n) is 5.62. The van der Waals surface area contributed by atoms with Gasteiger partial charge in [0, 0.05) is 24.7 Å². The molecule has 0 saturated heterocycles. The molecule has 4 nitrogen and oxygen atoms in total. The summed E-state index contributed by atoms with van der Waals surface area (Å²) in [6.45, 7) is 5.30. The van der Waals surface area contributed by atoms with Gasteiger partial charge in [0.05, 0.1) is 0 Å². The molecule has 2 rings (SSSR count). The zero-order valence-corrected chi connectivity index (χ0v) is 11.7. The number of nitro groups is 1. The van der Waals surface area contributed by atoms with E-state index in [1.165, 1.54) is 6.08 Å². The summed E-state index contributed by atoms with van der Waals surface area (Å²) in [6, 6.07) is 9.73. The maximum atomic E-state index is 12.3. The molecule has 0 aromatic heterocycles. The molecule has 1 aliphatic carbocycles. The summed E-state index contributed by atoms with van der Waals surface area (Å²) in [6.07, 6.45) is 3.14. The Morgan fingerprint density at radius 2 is 2.05 bits per heavy atom. The lowest BCUT2D eigenvalue weighted by Gasteiger charge is -2.33. The Hall–Kier alpha value is -1.97. The van der Waals surface area contributed by atoms with E-state index in [1.807, 2.05) is 30.3 Å². The smallest absolute Gasteiger partial charge is 0.235 e. The molecule has 0 bridgehead atoms. The number of hydrogen-bond donors (Lipinski definition) is 0. The molecule has 0 heterocycles. The van der Waals surface area contributed by atoms with Crippen molar-refractivity contribution in [2.75, 3.05) is 0 Å². The van der Waals surface area contributed by atoms with Gasteiger partial charge in [-0.3, -0.25) is 14.9 Å². The average Bonchev–Trinajstić information content (AvgIpc) is 2.72. The summed E-state index contributed by atoms with van der Waals surface area (Å²) in [5.74, 6) is -0.0531. The third kappa shape index (κ3) is 2.05. The van der Waals surface area contributed by atoms with E-state index in [0.29, 0.717) is 19.3 Å². The summed E-state index contributed by atoms with van der Waals surface area (Å²) in [4.78, 5) is 23.5. The van der Waals surface area contributed by atoms with Crippen molar-refractivity contribution in [1.29, 1.82) is 0 Å². The van der Waals surface area contributed by atoms with E-state index in [4.69, 9.17) is 0 Å². The first-order valence-electron chi connectivity index (χ1n) is 6.81. The molecule has 0 amide bonds. The number of nitrogens with zero attached hydrogens (tertiary/aromatic N) is 1. The summed E-state index contributed by atoms with van der Waals surface area (Å²) in [5.41, 5.74) is -1.20. The van der Waals surface area contributed by atoms with E-state index in [-0.39, 0.29) is 17.1 Å². The van der Waals surface area contributed by atoms with Crippen LogP contribution in [-0.4, -0.2) is 16.2 Å². The Bertz CT molecular complexity index is 540. The predicted octanol–water partition coefficient (Wildman–Crippen LogP) is 3.19. The third-order valence-electron chi connectivity index (χ3n) is 4.70. The van der Waals surface area contributed by atoms with Crippen LogP contribution in [0.15, 0.2) is 43.0 Å². The number of benzene rings is 1. The van der Waals surface area contributed by atoms with Gasteiger partial charge >= 0.3 is 0 Å². The van der Waals surface area contributed by atoms with E-state index in [0.717, 1.165) is 5.56 Å². The highest BCUT2D eigenvalue weighted by molar-refractivity contribution is 5.90. The van der Waals surface area contributed by atoms with Gasteiger partial charge in [0.2, 0.25) is 5.54 Å². The number of ketones is 1. The lowest BCUT2D eigenvalue weighted by atomic mass is 9.69. The fraction of sp³-hybridized carbons (Fsp3) is 0.438. The minimum atomic E-state index is -1.24. The molecule has 106 valence electrons. The van der Waals surface area contributed by atoms with Crippen molar-refractivity contribution in [2.45, 2.75) is 38.1 Å². The second-order valence-corrected chi connectivity index (χ2v) is 5.62. The summed E-state index contributed by atoms with van der Waals surface area (Å²) in [5, 5.41) is 11.5. The Kier molecular flexibility index (Phi) is 3.75. The van der Waals surface area contributed by atoms with Crippen LogP contribution in [0.1, 0.15) is 31.7 Å². The maximum absolute atomic E-state index is 12.3. The normalized spacial score (nSPS) is 29.4. The van der Waals surface area contributed by atoms with Crippen molar-refractivity contribution in [1.82, 2.24) is 0 Å². The van der Waals surface area contributed by atoms with Crippen molar-refractivity contribution < 1.29 is 9.72 Å². The molecule has 1 aromatic rings. The van der Waals surface area contributed by atoms with Gasteiger partial charge in [-0.25, -0.2) is 0 Å². The van der Waals surface area contributed by atoms with Gasteiger partial charge in [0.1, 0.15) is 11.2 Å². The molecule has 1 saturated carbocycles. The van der Waals surface area contributed by atoms with E-state index in [2.05, 4.69) is 6.58 Å². The summed E-state index contributed by atoms with van der Waals surface area (Å²) in [7, 11) is 0. The van der Waals surface area contributed by atoms with Crippen molar-refractivity contribution >= 4 is 5.78 Å². The monoisotopic (exact) mass is 273 g/mol. The van der Waals surface area contributed by atoms with E-state index in [1.54, 1.807) is 6.92 Å². The molecule has 0 aliphatic heterocycles. The first-order valence-corrected chi connectivity index (χ1v) is 6.81. The Labute approximate surface area is 118 Å². The molecular formula is C16H19NO3. The van der Waals surface area contributed by atoms with Gasteiger partial charge in [0.25, 0.3) is 0 Å². The van der Waals surface area contributed by atoms with Crippen molar-refractivity contribution in [3.63, 3.8) is 0 Å². The van der Waals surface area contributed by atoms with Crippen LogP contribution in [0.3, 0.4) is 0 Å². The van der Waals surface area contributed by atoms with Gasteiger partial charge in [-0.05, 0) is 18.4 Å². The second kappa shape index (κ2) is 5.19. The highest BCUT2D eigenvalue weighted by atomic mass is 16.6. The highest BCUT2D eigenvalue weighted by Gasteiger charge is 2.64. The molecule has 1 fully saturated rings. The van der Waals surface area contributed by atoms with E-state index in [9.17, 15) is 14.9 Å². The standard InChI is InChI=1S/C16H19NO3/c1-3-16(12-9-13-7-5-4-6-8-13)14(18)10-11-15(16,2)17(19)20/h3-8H,1,9-12H2,2H3/t15-,16-/m0/s1. The first kappa shape index (κ1) is 14.4. The summed E-state index contributed by atoms with van der Waals surface area (Å²) < 4.78 is 0. The highest BCUT2D eigenvalue weighted by Crippen LogP contribution is 2.49. The van der Waals surface area contributed by atoms with Gasteiger partial charge < -0.3 is 0 Å². The van der Waals surface area contributed by atoms with Crippen LogP contribution < -0.4 is 0 Å². The molecule has 0 spiro atoms. The molecule has 2 atom stereocenters. The predicted molar refractivity (Wildman–Crippen MR) is 77.0 cm³/mol. The van der Waals surface area contributed by atoms with Crippen molar-refractivity contribution in [3.05, 3.63) is 58.7 Å². The maximum Gasteiger partial charge on any atom is 0.235 e. The van der Waals surface area contributed by atoms with Gasteiger partial charge in [0.15, 0.2) is 0 Å². The van der Waals surface area contributed by atoms with Crippen LogP contribution in [0.5, 0.6) is 0 Å². The minimum absolute atomic E-state index is 0.0531. The molecular weight excluding hydrogens is 254 g/mol. The van der Waals surface area contributed by atoms with Gasteiger partial charge in [-0.15, -0.1) is 6.58 Å². The molecule has 20 heavy (non-hydrogen) atoms. The molecule has 1 aromatic carbocycles. The number of Topliss-reactive ketones (excluding diaryl/α,β-unsaturated/α-hetero) is 1. The van der Waals surface area contributed by atoms with Crippen LogP contribution in [-0.2, 0) is 11.2 Å². The molecule has 4 heteroatoms.